The summed E-state index contributed by atoms with van der Waals surface area (Å²) in [5, 5.41) is 9.25. The predicted octanol–water partition coefficient (Wildman–Crippen LogP) is 2.91. The molecule has 4 heteroatoms. The largest absolute Gasteiger partial charge is 0.396 e. The first-order valence-electron chi connectivity index (χ1n) is 8.71. The number of benzene rings is 1. The van der Waals surface area contributed by atoms with E-state index in [2.05, 4.69) is 18.7 Å². The molecule has 0 spiro atoms. The van der Waals surface area contributed by atoms with Gasteiger partial charge in [-0.15, -0.1) is 0 Å². The molecule has 23 heavy (non-hydrogen) atoms. The van der Waals surface area contributed by atoms with Crippen molar-refractivity contribution in [2.24, 2.45) is 5.92 Å². The van der Waals surface area contributed by atoms with Gasteiger partial charge in [0.2, 0.25) is 5.91 Å². The molecule has 1 aliphatic carbocycles. The minimum Gasteiger partial charge on any atom is -0.396 e. The number of carbonyl (C=O) groups excluding carboxylic acids is 1. The highest BCUT2D eigenvalue weighted by Crippen LogP contribution is 2.27. The number of aliphatic hydroxyl groups is 1. The summed E-state index contributed by atoms with van der Waals surface area (Å²) in [5.74, 6) is 0.602. The summed E-state index contributed by atoms with van der Waals surface area (Å²) in [6, 6.07) is 10.5. The second-order valence-electron chi connectivity index (χ2n) is 6.97. The summed E-state index contributed by atoms with van der Waals surface area (Å²) in [6.07, 6.45) is 4.27. The van der Waals surface area contributed by atoms with Crippen LogP contribution in [-0.4, -0.2) is 48.2 Å². The van der Waals surface area contributed by atoms with E-state index < -0.39 is 0 Å². The van der Waals surface area contributed by atoms with Crippen LogP contribution in [0.4, 0.5) is 5.69 Å². The Morgan fingerprint density at radius 1 is 1.17 bits per heavy atom. The molecule has 0 aromatic heterocycles. The van der Waals surface area contributed by atoms with Crippen molar-refractivity contribution < 1.29 is 9.90 Å². The molecule has 0 atom stereocenters. The van der Waals surface area contributed by atoms with Crippen LogP contribution in [0.15, 0.2) is 30.3 Å². The monoisotopic (exact) mass is 318 g/mol. The number of rotatable bonds is 6. The molecule has 0 radical (unpaired) electrons. The molecule has 4 nitrogen and oxygen atoms in total. The molecule has 2 rings (SSSR count). The maximum Gasteiger partial charge on any atom is 0.241 e. The van der Waals surface area contributed by atoms with Crippen LogP contribution >= 0.6 is 0 Å². The minimum absolute atomic E-state index is 0.142. The van der Waals surface area contributed by atoms with Crippen LogP contribution in [0.2, 0.25) is 0 Å². The van der Waals surface area contributed by atoms with E-state index in [-0.39, 0.29) is 11.9 Å². The van der Waals surface area contributed by atoms with Crippen molar-refractivity contribution in [1.82, 2.24) is 4.90 Å². The van der Waals surface area contributed by atoms with Gasteiger partial charge in [0, 0.05) is 24.4 Å². The third kappa shape index (κ3) is 4.79. The van der Waals surface area contributed by atoms with Crippen LogP contribution in [0.25, 0.3) is 0 Å². The molecule has 0 unspecified atom stereocenters. The highest BCUT2D eigenvalue weighted by molar-refractivity contribution is 5.95. The molecule has 1 N–H and O–H groups in total. The zero-order valence-electron chi connectivity index (χ0n) is 14.6. The molecule has 1 amide bonds. The summed E-state index contributed by atoms with van der Waals surface area (Å²) in [4.78, 5) is 16.9. The number of likely N-dealkylation sites (N-methyl/N-ethyl adjacent to an activating group) is 1. The third-order valence-electron chi connectivity index (χ3n) is 4.90. The van der Waals surface area contributed by atoms with Gasteiger partial charge in [-0.2, -0.15) is 0 Å². The summed E-state index contributed by atoms with van der Waals surface area (Å²) < 4.78 is 0. The van der Waals surface area contributed by atoms with Crippen LogP contribution < -0.4 is 4.90 Å². The smallest absolute Gasteiger partial charge is 0.241 e. The quantitative estimate of drug-likeness (QED) is 0.877. The SMILES string of the molecule is CC(C)N(C(=O)CN(C)C1CCC(CO)CC1)c1ccccc1. The van der Waals surface area contributed by atoms with Crippen molar-refractivity contribution >= 4 is 11.6 Å². The van der Waals surface area contributed by atoms with Crippen LogP contribution in [0, 0.1) is 5.92 Å². The first-order chi connectivity index (χ1) is 11.0. The first-order valence-corrected chi connectivity index (χ1v) is 8.71. The third-order valence-corrected chi connectivity index (χ3v) is 4.90. The van der Waals surface area contributed by atoms with Gasteiger partial charge in [0.1, 0.15) is 0 Å². The number of hydrogen-bond donors (Lipinski definition) is 1. The first kappa shape index (κ1) is 18.0. The van der Waals surface area contributed by atoms with Gasteiger partial charge in [-0.25, -0.2) is 0 Å². The van der Waals surface area contributed by atoms with E-state index in [1.54, 1.807) is 0 Å². The fourth-order valence-electron chi connectivity index (χ4n) is 3.51. The van der Waals surface area contributed by atoms with Gasteiger partial charge in [0.25, 0.3) is 0 Å². The average molecular weight is 318 g/mol. The van der Waals surface area contributed by atoms with Crippen molar-refractivity contribution in [2.75, 3.05) is 25.1 Å². The molecule has 0 aliphatic heterocycles. The Morgan fingerprint density at radius 2 is 1.78 bits per heavy atom. The number of aliphatic hydroxyl groups excluding tert-OH is 1. The van der Waals surface area contributed by atoms with Crippen LogP contribution in [0.5, 0.6) is 0 Å². The highest BCUT2D eigenvalue weighted by atomic mass is 16.3. The number of anilines is 1. The van der Waals surface area contributed by atoms with Crippen LogP contribution in [0.3, 0.4) is 0 Å². The molecule has 128 valence electrons. The topological polar surface area (TPSA) is 43.8 Å². The number of amides is 1. The Kier molecular flexibility index (Phi) is 6.60. The van der Waals surface area contributed by atoms with E-state index in [1.165, 1.54) is 0 Å². The molecule has 0 heterocycles. The van der Waals surface area contributed by atoms with Gasteiger partial charge >= 0.3 is 0 Å². The molecule has 0 bridgehead atoms. The molecule has 1 saturated carbocycles. The van der Waals surface area contributed by atoms with Crippen LogP contribution in [-0.2, 0) is 4.79 Å². The summed E-state index contributed by atoms with van der Waals surface area (Å²) in [7, 11) is 2.05. The number of carbonyl (C=O) groups is 1. The Labute approximate surface area is 140 Å². The summed E-state index contributed by atoms with van der Waals surface area (Å²) in [6.45, 7) is 4.85. The normalized spacial score (nSPS) is 21.7. The van der Waals surface area contributed by atoms with Crippen molar-refractivity contribution in [3.8, 4) is 0 Å². The molecule has 1 aromatic carbocycles. The minimum atomic E-state index is 0.142. The Balaban J connectivity index is 1.96. The van der Waals surface area contributed by atoms with Crippen LogP contribution in [0.1, 0.15) is 39.5 Å². The highest BCUT2D eigenvalue weighted by Gasteiger charge is 2.27. The van der Waals surface area contributed by atoms with Gasteiger partial charge in [-0.1, -0.05) is 18.2 Å². The molecular formula is C19H30N2O2. The van der Waals surface area contributed by atoms with E-state index in [0.29, 0.717) is 25.1 Å². The lowest BCUT2D eigenvalue weighted by Gasteiger charge is -2.35. The van der Waals surface area contributed by atoms with E-state index in [4.69, 9.17) is 0 Å². The van der Waals surface area contributed by atoms with E-state index in [9.17, 15) is 9.90 Å². The van der Waals surface area contributed by atoms with E-state index >= 15 is 0 Å². The van der Waals surface area contributed by atoms with Crippen molar-refractivity contribution in [3.05, 3.63) is 30.3 Å². The van der Waals surface area contributed by atoms with Crippen molar-refractivity contribution in [1.29, 1.82) is 0 Å². The lowest BCUT2D eigenvalue weighted by molar-refractivity contribution is -0.120. The maximum atomic E-state index is 12.8. The van der Waals surface area contributed by atoms with Gasteiger partial charge < -0.3 is 10.0 Å². The molecule has 1 fully saturated rings. The van der Waals surface area contributed by atoms with E-state index in [0.717, 1.165) is 31.4 Å². The lowest BCUT2D eigenvalue weighted by atomic mass is 9.86. The second-order valence-corrected chi connectivity index (χ2v) is 6.97. The molecule has 1 aliphatic rings. The Morgan fingerprint density at radius 3 is 2.30 bits per heavy atom. The van der Waals surface area contributed by atoms with Gasteiger partial charge in [-0.05, 0) is 64.6 Å². The number of nitrogens with zero attached hydrogens (tertiary/aromatic N) is 2. The fraction of sp³-hybridized carbons (Fsp3) is 0.632. The lowest BCUT2D eigenvalue weighted by Crippen LogP contribution is -2.46. The van der Waals surface area contributed by atoms with E-state index in [1.807, 2.05) is 42.3 Å². The average Bonchev–Trinajstić information content (AvgIpc) is 2.55. The van der Waals surface area contributed by atoms with Gasteiger partial charge in [0.05, 0.1) is 6.54 Å². The molecule has 1 aromatic rings. The Hall–Kier alpha value is -1.39. The number of hydrogen-bond acceptors (Lipinski definition) is 3. The summed E-state index contributed by atoms with van der Waals surface area (Å²) >= 11 is 0. The zero-order valence-corrected chi connectivity index (χ0v) is 14.6. The standard InChI is InChI=1S/C19H30N2O2/c1-15(2)21(18-7-5-4-6-8-18)19(23)13-20(3)17-11-9-16(14-22)10-12-17/h4-8,15-17,22H,9-14H2,1-3H3. The molecule has 0 saturated heterocycles. The second kappa shape index (κ2) is 8.46. The van der Waals surface area contributed by atoms with Gasteiger partial charge in [0.15, 0.2) is 0 Å². The number of para-hydroxylation sites is 1. The van der Waals surface area contributed by atoms with Crippen molar-refractivity contribution in [2.45, 2.75) is 51.6 Å². The van der Waals surface area contributed by atoms with Crippen molar-refractivity contribution in [3.63, 3.8) is 0 Å². The predicted molar refractivity (Wildman–Crippen MR) is 94.5 cm³/mol. The zero-order chi connectivity index (χ0) is 16.8. The fourth-order valence-corrected chi connectivity index (χ4v) is 3.51. The molecular weight excluding hydrogens is 288 g/mol. The summed E-state index contributed by atoms with van der Waals surface area (Å²) in [5.41, 5.74) is 0.963. The maximum absolute atomic E-state index is 12.8. The Bertz CT molecular complexity index is 481. The van der Waals surface area contributed by atoms with Gasteiger partial charge in [-0.3, -0.25) is 9.69 Å².